The van der Waals surface area contributed by atoms with Crippen LogP contribution in [0.15, 0.2) is 12.2 Å². The van der Waals surface area contributed by atoms with Crippen molar-refractivity contribution < 1.29 is 33.4 Å². The molecule has 212 valence electrons. The highest BCUT2D eigenvalue weighted by Gasteiger charge is 2.43. The smallest absolute Gasteiger partial charge is 0.315 e. The van der Waals surface area contributed by atoms with Gasteiger partial charge in [0.2, 0.25) is 11.8 Å². The van der Waals surface area contributed by atoms with Gasteiger partial charge >= 0.3 is 6.03 Å². The number of ether oxygens (including phenoxy) is 3. The fraction of sp³-hybridized carbons (Fsp3) is 0.769. The molecule has 3 fully saturated rings. The van der Waals surface area contributed by atoms with Gasteiger partial charge in [0, 0.05) is 43.8 Å². The molecule has 3 saturated heterocycles. The molecule has 0 radical (unpaired) electrons. The Labute approximate surface area is 228 Å². The maximum Gasteiger partial charge on any atom is 0.315 e. The van der Waals surface area contributed by atoms with Gasteiger partial charge in [0.25, 0.3) is 5.91 Å². The van der Waals surface area contributed by atoms with Gasteiger partial charge in [-0.05, 0) is 31.8 Å². The molecule has 38 heavy (non-hydrogen) atoms. The van der Waals surface area contributed by atoms with E-state index in [1.807, 2.05) is 11.8 Å². The van der Waals surface area contributed by atoms with E-state index in [1.54, 1.807) is 19.1 Å². The number of nitrogens with zero attached hydrogens (tertiary/aromatic N) is 1. The maximum atomic E-state index is 12.5. The quantitative estimate of drug-likeness (QED) is 0.112. The van der Waals surface area contributed by atoms with Gasteiger partial charge in [0.15, 0.2) is 6.10 Å². The van der Waals surface area contributed by atoms with Crippen LogP contribution in [0, 0.1) is 5.92 Å². The molecule has 4 heterocycles. The van der Waals surface area contributed by atoms with Crippen LogP contribution >= 0.6 is 11.8 Å². The molecule has 0 aromatic carbocycles. The number of carbonyl (C=O) groups excluding carboxylic acids is 4. The number of hydrogen-bond donors (Lipinski definition) is 3. The highest BCUT2D eigenvalue weighted by atomic mass is 32.2. The average molecular weight is 553 g/mol. The summed E-state index contributed by atoms with van der Waals surface area (Å²) in [4.78, 5) is 49.7. The average Bonchev–Trinajstić information content (AvgIpc) is 3.61. The van der Waals surface area contributed by atoms with E-state index in [-0.39, 0.29) is 61.0 Å². The normalized spacial score (nSPS) is 29.8. The lowest BCUT2D eigenvalue weighted by molar-refractivity contribution is -0.148. The molecular weight excluding hydrogens is 512 g/mol. The number of rotatable bonds is 16. The monoisotopic (exact) mass is 552 g/mol. The Morgan fingerprint density at radius 1 is 1.05 bits per heavy atom. The Bertz CT molecular complexity index is 888. The molecule has 2 bridgehead atoms. The molecule has 5 unspecified atom stereocenters. The molecule has 0 spiro atoms. The van der Waals surface area contributed by atoms with Crippen molar-refractivity contribution in [1.82, 2.24) is 20.9 Å². The Balaban J connectivity index is 0.930. The van der Waals surface area contributed by atoms with Crippen LogP contribution < -0.4 is 16.0 Å². The van der Waals surface area contributed by atoms with E-state index in [0.717, 1.165) is 31.4 Å². The minimum atomic E-state index is -0.669. The van der Waals surface area contributed by atoms with Crippen LogP contribution in [0.2, 0.25) is 0 Å². The van der Waals surface area contributed by atoms with E-state index in [1.165, 1.54) is 4.90 Å². The Kier molecular flexibility index (Phi) is 10.9. The first-order chi connectivity index (χ1) is 18.4. The van der Waals surface area contributed by atoms with Crippen molar-refractivity contribution in [3.63, 3.8) is 0 Å². The Morgan fingerprint density at radius 3 is 2.68 bits per heavy atom. The zero-order valence-corrected chi connectivity index (χ0v) is 22.8. The number of thioether (sulfide) groups is 1. The van der Waals surface area contributed by atoms with Gasteiger partial charge in [-0.2, -0.15) is 11.8 Å². The molecule has 3 N–H and O–H groups in total. The largest absolute Gasteiger partial charge is 0.381 e. The van der Waals surface area contributed by atoms with Gasteiger partial charge in [-0.1, -0.05) is 19.4 Å². The standard InChI is InChI=1S/C26H40N4O7S/c1-17-19-8-9-20(37-19)25(33)30(24(17)32)11-15-36-14-5-13-35-12-4-10-27-22(31)7-3-2-6-21-23-18(16-38-21)28-26(34)29-23/h8-9,17-21,23H,2-7,10-16H2,1H3,(H,27,31)(H2,28,29,34)/t17-,18?,19?,20?,21?,23?/m1/s1. The molecule has 5 amide bonds. The number of hydrogen-bond acceptors (Lipinski definition) is 8. The van der Waals surface area contributed by atoms with Crippen LogP contribution in [0.4, 0.5) is 4.79 Å². The number of imide groups is 1. The third kappa shape index (κ3) is 7.71. The second kappa shape index (κ2) is 14.3. The van der Waals surface area contributed by atoms with E-state index in [0.29, 0.717) is 44.5 Å². The summed E-state index contributed by atoms with van der Waals surface area (Å²) in [6, 6.07) is 0.408. The van der Waals surface area contributed by atoms with Crippen molar-refractivity contribution in [1.29, 1.82) is 0 Å². The molecule has 4 rings (SSSR count). The van der Waals surface area contributed by atoms with Gasteiger partial charge in [0.05, 0.1) is 37.3 Å². The first kappa shape index (κ1) is 28.8. The number of amides is 5. The summed E-state index contributed by atoms with van der Waals surface area (Å²) in [7, 11) is 0. The third-order valence-electron chi connectivity index (χ3n) is 7.34. The van der Waals surface area contributed by atoms with Crippen LogP contribution in [0.3, 0.4) is 0 Å². The molecule has 4 aliphatic rings. The molecule has 6 atom stereocenters. The molecule has 0 saturated carbocycles. The zero-order chi connectivity index (χ0) is 26.9. The molecular formula is C26H40N4O7S. The van der Waals surface area contributed by atoms with Gasteiger partial charge in [-0.15, -0.1) is 0 Å². The molecule has 4 aliphatic heterocycles. The molecule has 0 aromatic heterocycles. The summed E-state index contributed by atoms with van der Waals surface area (Å²) in [5.74, 6) is 0.103. The summed E-state index contributed by atoms with van der Waals surface area (Å²) in [6.45, 7) is 4.46. The third-order valence-corrected chi connectivity index (χ3v) is 8.85. The van der Waals surface area contributed by atoms with E-state index < -0.39 is 6.10 Å². The topological polar surface area (TPSA) is 135 Å². The lowest BCUT2D eigenvalue weighted by Crippen LogP contribution is -2.45. The maximum absolute atomic E-state index is 12.5. The summed E-state index contributed by atoms with van der Waals surface area (Å²) in [6.07, 6.45) is 7.33. The summed E-state index contributed by atoms with van der Waals surface area (Å²) in [5.41, 5.74) is 0. The van der Waals surface area contributed by atoms with Crippen molar-refractivity contribution in [2.75, 3.05) is 45.3 Å². The summed E-state index contributed by atoms with van der Waals surface area (Å²) in [5, 5.41) is 9.32. The minimum Gasteiger partial charge on any atom is -0.381 e. The van der Waals surface area contributed by atoms with Crippen molar-refractivity contribution in [3.05, 3.63) is 12.2 Å². The number of nitrogens with one attached hydrogen (secondary N) is 3. The van der Waals surface area contributed by atoms with Crippen molar-refractivity contribution in [3.8, 4) is 0 Å². The van der Waals surface area contributed by atoms with E-state index in [4.69, 9.17) is 14.2 Å². The second-order valence-corrected chi connectivity index (χ2v) is 11.4. The molecule has 0 aliphatic carbocycles. The Hall–Kier alpha value is -2.15. The van der Waals surface area contributed by atoms with Gasteiger partial charge in [0.1, 0.15) is 0 Å². The zero-order valence-electron chi connectivity index (χ0n) is 22.0. The van der Waals surface area contributed by atoms with Crippen molar-refractivity contribution in [2.45, 2.75) is 75.0 Å². The van der Waals surface area contributed by atoms with E-state index in [2.05, 4.69) is 16.0 Å². The lowest BCUT2D eigenvalue weighted by Gasteiger charge is -2.23. The van der Waals surface area contributed by atoms with Crippen molar-refractivity contribution in [2.24, 2.45) is 5.92 Å². The number of fused-ring (bicyclic) bond motifs is 3. The summed E-state index contributed by atoms with van der Waals surface area (Å²) < 4.78 is 16.8. The highest BCUT2D eigenvalue weighted by Crippen LogP contribution is 2.33. The van der Waals surface area contributed by atoms with Gasteiger partial charge in [-0.25, -0.2) is 4.79 Å². The van der Waals surface area contributed by atoms with Gasteiger partial charge in [-0.3, -0.25) is 19.3 Å². The fourth-order valence-corrected chi connectivity index (χ4v) is 6.70. The molecule has 11 nitrogen and oxygen atoms in total. The SMILES string of the molecule is C[C@H]1C(=O)N(CCOCCCOCCCNC(=O)CCCCC2SCC3NC(=O)NC32)C(=O)C2C=CC1O2. The van der Waals surface area contributed by atoms with Crippen molar-refractivity contribution >= 4 is 35.5 Å². The van der Waals surface area contributed by atoms with Crippen LogP contribution in [-0.4, -0.2) is 103 Å². The predicted molar refractivity (Wildman–Crippen MR) is 142 cm³/mol. The van der Waals surface area contributed by atoms with Gasteiger partial charge < -0.3 is 30.2 Å². The second-order valence-electron chi connectivity index (χ2n) is 10.2. The number of unbranched alkanes of at least 4 members (excludes halogenated alkanes) is 1. The van der Waals surface area contributed by atoms with E-state index >= 15 is 0 Å². The van der Waals surface area contributed by atoms with Crippen LogP contribution in [-0.2, 0) is 28.6 Å². The minimum absolute atomic E-state index is 0.0616. The Morgan fingerprint density at radius 2 is 1.84 bits per heavy atom. The predicted octanol–water partition coefficient (Wildman–Crippen LogP) is 0.970. The number of urea groups is 1. The molecule has 0 aromatic rings. The van der Waals surface area contributed by atoms with Crippen LogP contribution in [0.1, 0.15) is 45.4 Å². The summed E-state index contributed by atoms with van der Waals surface area (Å²) >= 11 is 1.90. The fourth-order valence-electron chi connectivity index (χ4n) is 5.15. The van der Waals surface area contributed by atoms with Crippen LogP contribution in [0.5, 0.6) is 0 Å². The van der Waals surface area contributed by atoms with Crippen LogP contribution in [0.25, 0.3) is 0 Å². The first-order valence-corrected chi connectivity index (χ1v) is 14.8. The lowest BCUT2D eigenvalue weighted by atomic mass is 10.0. The molecule has 12 heteroatoms. The first-order valence-electron chi connectivity index (χ1n) is 13.7. The number of carbonyl (C=O) groups is 4. The van der Waals surface area contributed by atoms with E-state index in [9.17, 15) is 19.2 Å². The highest BCUT2D eigenvalue weighted by molar-refractivity contribution is 8.00.